The van der Waals surface area contributed by atoms with Crippen molar-refractivity contribution < 1.29 is 24.2 Å². The second-order valence-corrected chi connectivity index (χ2v) is 4.58. The zero-order chi connectivity index (χ0) is 15.9. The van der Waals surface area contributed by atoms with Gasteiger partial charge >= 0.3 is 11.9 Å². The number of carboxylic acid groups (broad SMARTS) is 2. The maximum absolute atomic E-state index is 13.4. The van der Waals surface area contributed by atoms with Crippen molar-refractivity contribution in [1.29, 1.82) is 0 Å². The van der Waals surface area contributed by atoms with E-state index in [4.69, 9.17) is 5.11 Å². The molecule has 0 fully saturated rings. The predicted molar refractivity (Wildman–Crippen MR) is 74.5 cm³/mol. The van der Waals surface area contributed by atoms with Crippen LogP contribution >= 0.6 is 0 Å². The van der Waals surface area contributed by atoms with Crippen molar-refractivity contribution in [1.82, 2.24) is 9.38 Å². The highest BCUT2D eigenvalue weighted by atomic mass is 19.1. The van der Waals surface area contributed by atoms with Crippen molar-refractivity contribution >= 4 is 17.5 Å². The topological polar surface area (TPSA) is 91.9 Å². The van der Waals surface area contributed by atoms with Gasteiger partial charge < -0.3 is 10.2 Å². The van der Waals surface area contributed by atoms with Gasteiger partial charge in [0.25, 0.3) is 0 Å². The molecule has 22 heavy (non-hydrogen) atoms. The van der Waals surface area contributed by atoms with Gasteiger partial charge in [0.15, 0.2) is 5.69 Å². The number of hydrogen-bond donors (Lipinski definition) is 2. The summed E-state index contributed by atoms with van der Waals surface area (Å²) in [5, 5.41) is 18.2. The number of carbonyl (C=O) groups is 2. The summed E-state index contributed by atoms with van der Waals surface area (Å²) in [5.74, 6) is -2.72. The van der Waals surface area contributed by atoms with Crippen LogP contribution in [0, 0.1) is 5.82 Å². The molecule has 0 unspecified atom stereocenters. The first-order valence-corrected chi connectivity index (χ1v) is 6.22. The molecule has 3 aromatic rings. The smallest absolute Gasteiger partial charge is 0.356 e. The minimum absolute atomic E-state index is 0.0549. The van der Waals surface area contributed by atoms with Crippen molar-refractivity contribution in [3.05, 3.63) is 59.7 Å². The lowest BCUT2D eigenvalue weighted by Crippen LogP contribution is -2.00. The average molecular weight is 300 g/mol. The Labute approximate surface area is 123 Å². The third-order valence-electron chi connectivity index (χ3n) is 3.18. The number of nitrogens with zero attached hydrogens (tertiary/aromatic N) is 2. The molecule has 0 saturated heterocycles. The highest BCUT2D eigenvalue weighted by Crippen LogP contribution is 2.24. The van der Waals surface area contributed by atoms with E-state index in [0.29, 0.717) is 5.56 Å². The van der Waals surface area contributed by atoms with Gasteiger partial charge in [-0.3, -0.25) is 4.40 Å². The minimum atomic E-state index is -1.29. The van der Waals surface area contributed by atoms with E-state index < -0.39 is 17.8 Å². The first-order chi connectivity index (χ1) is 10.5. The number of halogens is 1. The minimum Gasteiger partial charge on any atom is -0.478 e. The lowest BCUT2D eigenvalue weighted by atomic mass is 10.2. The quantitative estimate of drug-likeness (QED) is 0.775. The van der Waals surface area contributed by atoms with Gasteiger partial charge in [0.1, 0.15) is 11.6 Å². The Morgan fingerprint density at radius 2 is 1.86 bits per heavy atom. The van der Waals surface area contributed by atoms with Crippen LogP contribution in [0.3, 0.4) is 0 Å². The molecule has 2 aromatic heterocycles. The first kappa shape index (κ1) is 13.7. The summed E-state index contributed by atoms with van der Waals surface area (Å²) >= 11 is 0. The predicted octanol–water partition coefficient (Wildman–Crippen LogP) is 2.54. The molecule has 0 spiro atoms. The van der Waals surface area contributed by atoms with Crippen LogP contribution in [0.2, 0.25) is 0 Å². The van der Waals surface area contributed by atoms with Crippen molar-refractivity contribution in [2.24, 2.45) is 0 Å². The van der Waals surface area contributed by atoms with E-state index in [1.165, 1.54) is 40.9 Å². The number of aromatic carboxylic acids is 2. The summed E-state index contributed by atoms with van der Waals surface area (Å²) in [5.41, 5.74) is 0.181. The third kappa shape index (κ3) is 2.18. The molecule has 6 nitrogen and oxygen atoms in total. The van der Waals surface area contributed by atoms with Crippen LogP contribution in [0.4, 0.5) is 4.39 Å². The van der Waals surface area contributed by atoms with Crippen molar-refractivity contribution in [3.8, 4) is 11.4 Å². The normalized spacial score (nSPS) is 10.8. The van der Waals surface area contributed by atoms with E-state index in [-0.39, 0.29) is 22.6 Å². The number of imidazole rings is 1. The number of hydrogen-bond acceptors (Lipinski definition) is 3. The molecule has 0 amide bonds. The summed E-state index contributed by atoms with van der Waals surface area (Å²) < 4.78 is 14.8. The maximum atomic E-state index is 13.4. The van der Waals surface area contributed by atoms with Crippen molar-refractivity contribution in [2.45, 2.75) is 0 Å². The van der Waals surface area contributed by atoms with Crippen molar-refractivity contribution in [3.63, 3.8) is 0 Å². The van der Waals surface area contributed by atoms with Gasteiger partial charge in [-0.25, -0.2) is 19.0 Å². The Balaban J connectivity index is 2.32. The van der Waals surface area contributed by atoms with E-state index in [1.807, 2.05) is 0 Å². The van der Waals surface area contributed by atoms with Gasteiger partial charge in [-0.2, -0.15) is 0 Å². The molecular weight excluding hydrogens is 291 g/mol. The SMILES string of the molecule is O=C(O)c1ccn2c(-c3cccc(F)c3)nc(C(=O)O)c2c1. The van der Waals surface area contributed by atoms with Gasteiger partial charge in [0, 0.05) is 11.8 Å². The maximum Gasteiger partial charge on any atom is 0.356 e. The van der Waals surface area contributed by atoms with Crippen molar-refractivity contribution in [2.75, 3.05) is 0 Å². The van der Waals surface area contributed by atoms with E-state index in [9.17, 15) is 19.1 Å². The van der Waals surface area contributed by atoms with E-state index in [1.54, 1.807) is 6.07 Å². The zero-order valence-corrected chi connectivity index (χ0v) is 11.0. The molecule has 0 aliphatic rings. The Hall–Kier alpha value is -3.22. The Morgan fingerprint density at radius 1 is 1.09 bits per heavy atom. The summed E-state index contributed by atoms with van der Waals surface area (Å²) in [6, 6.07) is 8.12. The highest BCUT2D eigenvalue weighted by molar-refractivity contribution is 5.97. The molecule has 110 valence electrons. The second kappa shape index (κ2) is 4.96. The van der Waals surface area contributed by atoms with E-state index in [2.05, 4.69) is 4.98 Å². The molecule has 0 radical (unpaired) electrons. The van der Waals surface area contributed by atoms with Gasteiger partial charge in [-0.1, -0.05) is 12.1 Å². The molecule has 0 aliphatic carbocycles. The van der Waals surface area contributed by atoms with E-state index in [0.717, 1.165) is 0 Å². The zero-order valence-electron chi connectivity index (χ0n) is 11.0. The molecule has 0 saturated carbocycles. The molecule has 2 heterocycles. The lowest BCUT2D eigenvalue weighted by Gasteiger charge is -2.02. The molecule has 0 atom stereocenters. The average Bonchev–Trinajstić information content (AvgIpc) is 2.86. The van der Waals surface area contributed by atoms with Crippen LogP contribution in [0.25, 0.3) is 16.9 Å². The Morgan fingerprint density at radius 3 is 2.50 bits per heavy atom. The summed E-state index contributed by atoms with van der Waals surface area (Å²) in [7, 11) is 0. The highest BCUT2D eigenvalue weighted by Gasteiger charge is 2.19. The van der Waals surface area contributed by atoms with Crippen LogP contribution in [0.5, 0.6) is 0 Å². The molecular formula is C15H9FN2O4. The fraction of sp³-hybridized carbons (Fsp3) is 0. The standard InChI is InChI=1S/C15H9FN2O4/c16-10-3-1-2-8(6-10)13-17-12(15(21)22)11-7-9(14(19)20)4-5-18(11)13/h1-7H,(H,19,20)(H,21,22). The number of aromatic nitrogens is 2. The van der Waals surface area contributed by atoms with Gasteiger partial charge in [0.05, 0.1) is 11.1 Å². The largest absolute Gasteiger partial charge is 0.478 e. The van der Waals surface area contributed by atoms with Gasteiger partial charge in [-0.15, -0.1) is 0 Å². The summed E-state index contributed by atoms with van der Waals surface area (Å²) in [4.78, 5) is 26.3. The Kier molecular flexibility index (Phi) is 3.10. The number of rotatable bonds is 3. The lowest BCUT2D eigenvalue weighted by molar-refractivity contribution is 0.0682. The first-order valence-electron chi connectivity index (χ1n) is 6.22. The number of fused-ring (bicyclic) bond motifs is 1. The summed E-state index contributed by atoms with van der Waals surface area (Å²) in [6.07, 6.45) is 1.40. The van der Waals surface area contributed by atoms with Crippen LogP contribution in [-0.4, -0.2) is 31.5 Å². The van der Waals surface area contributed by atoms with Crippen LogP contribution in [-0.2, 0) is 0 Å². The van der Waals surface area contributed by atoms with Crippen LogP contribution in [0.1, 0.15) is 20.8 Å². The second-order valence-electron chi connectivity index (χ2n) is 4.58. The number of benzene rings is 1. The number of pyridine rings is 1. The van der Waals surface area contributed by atoms with Gasteiger partial charge in [-0.05, 0) is 24.3 Å². The van der Waals surface area contributed by atoms with E-state index >= 15 is 0 Å². The fourth-order valence-electron chi connectivity index (χ4n) is 2.21. The molecule has 1 aromatic carbocycles. The monoisotopic (exact) mass is 300 g/mol. The third-order valence-corrected chi connectivity index (χ3v) is 3.18. The molecule has 0 bridgehead atoms. The molecule has 7 heteroatoms. The van der Waals surface area contributed by atoms with Gasteiger partial charge in [0.2, 0.25) is 0 Å². The Bertz CT molecular complexity index is 917. The van der Waals surface area contributed by atoms with Crippen LogP contribution in [0.15, 0.2) is 42.6 Å². The molecule has 2 N–H and O–H groups in total. The summed E-state index contributed by atoms with van der Waals surface area (Å²) in [6.45, 7) is 0. The molecule has 0 aliphatic heterocycles. The fourth-order valence-corrected chi connectivity index (χ4v) is 2.21. The molecule has 3 rings (SSSR count). The number of carboxylic acids is 2. The van der Waals surface area contributed by atoms with Crippen LogP contribution < -0.4 is 0 Å².